The predicted molar refractivity (Wildman–Crippen MR) is 191 cm³/mol. The van der Waals surface area contributed by atoms with Gasteiger partial charge in [-0.3, -0.25) is 9.59 Å². The molecule has 1 N–H and O–H groups in total. The lowest BCUT2D eigenvalue weighted by molar-refractivity contribution is -0.159. The lowest BCUT2D eigenvalue weighted by Gasteiger charge is -2.47. The van der Waals surface area contributed by atoms with Crippen molar-refractivity contribution in [2.24, 2.45) is 16.7 Å². The van der Waals surface area contributed by atoms with E-state index in [1.807, 2.05) is 75.3 Å². The van der Waals surface area contributed by atoms with Crippen molar-refractivity contribution >= 4 is 42.6 Å². The largest absolute Gasteiger partial charge is 0.481 e. The van der Waals surface area contributed by atoms with E-state index in [4.69, 9.17) is 25.3 Å². The van der Waals surface area contributed by atoms with Gasteiger partial charge in [0.25, 0.3) is 0 Å². The van der Waals surface area contributed by atoms with E-state index in [-0.39, 0.29) is 24.1 Å². The van der Waals surface area contributed by atoms with Gasteiger partial charge in [0.15, 0.2) is 0 Å². The molecular weight excluding hydrogens is 640 g/mol. The summed E-state index contributed by atoms with van der Waals surface area (Å²) in [7, 11) is -1.14. The van der Waals surface area contributed by atoms with Gasteiger partial charge in [-0.15, -0.1) is 6.58 Å². The molecule has 0 aromatic carbocycles. The number of piperidine rings is 2. The van der Waals surface area contributed by atoms with Gasteiger partial charge in [0.2, 0.25) is 0 Å². The van der Waals surface area contributed by atoms with E-state index in [1.54, 1.807) is 15.9 Å². The number of amides is 2. The average molecular weight is 703 g/mol. The highest BCUT2D eigenvalue weighted by Crippen LogP contribution is 2.48. The van der Waals surface area contributed by atoms with Crippen LogP contribution in [0.5, 0.6) is 0 Å². The normalized spacial score (nSPS) is 17.1. The molecule has 0 saturated carbocycles. The van der Waals surface area contributed by atoms with Crippen LogP contribution in [0.25, 0.3) is 0 Å². The summed E-state index contributed by atoms with van der Waals surface area (Å²) in [5.41, 5.74) is -1.31. The van der Waals surface area contributed by atoms with Crippen molar-refractivity contribution < 1.29 is 38.5 Å². The number of carboxylic acid groups (broad SMARTS) is 1. The summed E-state index contributed by atoms with van der Waals surface area (Å²) in [6.45, 7) is 30.9. The zero-order valence-electron chi connectivity index (χ0n) is 31.4. The molecule has 2 saturated heterocycles. The monoisotopic (exact) mass is 702 g/mol. The Hall–Kier alpha value is -2.53. The van der Waals surface area contributed by atoms with Gasteiger partial charge in [0.05, 0.1) is 11.3 Å². The number of esters is 1. The zero-order valence-corrected chi connectivity index (χ0v) is 33.1. The Morgan fingerprint density at radius 1 is 0.851 bits per heavy atom. The van der Waals surface area contributed by atoms with Crippen LogP contribution in [0.4, 0.5) is 9.59 Å². The molecular formula is C35H63ClN2O8Si. The van der Waals surface area contributed by atoms with E-state index in [0.29, 0.717) is 58.5 Å². The Labute approximate surface area is 289 Å². The number of ether oxygens (including phenoxy) is 3. The Kier molecular flexibility index (Phi) is 17.3. The summed E-state index contributed by atoms with van der Waals surface area (Å²) in [6, 6.07) is 0. The van der Waals surface area contributed by atoms with Gasteiger partial charge < -0.3 is 29.1 Å². The first-order valence-corrected chi connectivity index (χ1v) is 21.0. The van der Waals surface area contributed by atoms with Gasteiger partial charge in [0, 0.05) is 26.2 Å². The van der Waals surface area contributed by atoms with E-state index in [9.17, 15) is 24.3 Å². The minimum atomic E-state index is -1.14. The minimum absolute atomic E-state index is 0.116. The Balaban J connectivity index is 0.000000787. The number of likely N-dealkylation sites (tertiary alicyclic amines) is 2. The quantitative estimate of drug-likeness (QED) is 0.0961. The summed E-state index contributed by atoms with van der Waals surface area (Å²) in [5, 5.41) is 9.68. The number of rotatable bonds is 6. The van der Waals surface area contributed by atoms with E-state index < -0.39 is 35.4 Å². The second kappa shape index (κ2) is 18.3. The molecule has 2 amide bonds. The number of nitrogens with zero attached hydrogens (tertiary/aromatic N) is 2. The summed E-state index contributed by atoms with van der Waals surface area (Å²) in [4.78, 5) is 50.9. The summed E-state index contributed by atoms with van der Waals surface area (Å²) in [6.07, 6.45) is 4.97. The average Bonchev–Trinajstić information content (AvgIpc) is 2.90. The van der Waals surface area contributed by atoms with Crippen LogP contribution in [-0.4, -0.2) is 90.4 Å². The number of hydrogen-bond donors (Lipinski definition) is 1. The van der Waals surface area contributed by atoms with Gasteiger partial charge in [-0.1, -0.05) is 45.1 Å². The van der Waals surface area contributed by atoms with E-state index in [1.165, 1.54) is 0 Å². The molecule has 12 heteroatoms. The molecule has 0 spiro atoms. The molecule has 2 rings (SSSR count). The highest BCUT2D eigenvalue weighted by Gasteiger charge is 2.52. The van der Waals surface area contributed by atoms with Crippen LogP contribution in [0.15, 0.2) is 24.3 Å². The number of carboxylic acids is 1. The first kappa shape index (κ1) is 44.5. The fraction of sp³-hybridized carbons (Fsp3) is 0.771. The lowest BCUT2D eigenvalue weighted by Crippen LogP contribution is -2.53. The zero-order chi connectivity index (χ0) is 37.0. The van der Waals surface area contributed by atoms with Crippen molar-refractivity contribution in [1.29, 1.82) is 0 Å². The second-order valence-corrected chi connectivity index (χ2v) is 23.5. The summed E-state index contributed by atoms with van der Waals surface area (Å²) >= 11 is 5.67. The molecule has 272 valence electrons. The van der Waals surface area contributed by atoms with E-state index >= 15 is 0 Å². The standard InChI is InChI=1S/2C16H27NO4.C3H9ClSi/c1-12(2)8-11-20-14(18)13-6-9-17(10-7-13)15(19)21-16(3,4)5;1-7-15(5,6)16(12(18)19)8-10-17(11-9-16)13(20)21-14(2,3)4;1-5(2,3)4/h8,13H,6-7,9-11H2,1-5H3;7H,1,8-11H2,2-6H3,(H,18,19);1-3H3. The fourth-order valence-electron chi connectivity index (χ4n) is 4.76. The molecule has 47 heavy (non-hydrogen) atoms. The smallest absolute Gasteiger partial charge is 0.410 e. The summed E-state index contributed by atoms with van der Waals surface area (Å²) in [5.74, 6) is -1.11. The van der Waals surface area contributed by atoms with Crippen LogP contribution in [0.2, 0.25) is 19.6 Å². The number of hydrogen-bond acceptors (Lipinski definition) is 7. The Morgan fingerprint density at radius 3 is 1.55 bits per heavy atom. The number of allylic oxidation sites excluding steroid dienone is 2. The highest BCUT2D eigenvalue weighted by molar-refractivity contribution is 7.18. The highest BCUT2D eigenvalue weighted by atomic mass is 35.6. The van der Waals surface area contributed by atoms with Crippen molar-refractivity contribution in [3.8, 4) is 0 Å². The van der Waals surface area contributed by atoms with Crippen LogP contribution in [0.3, 0.4) is 0 Å². The summed E-state index contributed by atoms with van der Waals surface area (Å²) < 4.78 is 15.9. The van der Waals surface area contributed by atoms with Gasteiger partial charge in [0.1, 0.15) is 25.2 Å². The number of carbonyl (C=O) groups is 4. The van der Waals surface area contributed by atoms with Gasteiger partial charge in [-0.25, -0.2) is 9.59 Å². The Morgan fingerprint density at radius 2 is 1.23 bits per heavy atom. The Bertz CT molecular complexity index is 1080. The molecule has 0 aromatic rings. The minimum Gasteiger partial charge on any atom is -0.481 e. The lowest BCUT2D eigenvalue weighted by atomic mass is 9.60. The number of aliphatic carboxylic acids is 1. The van der Waals surface area contributed by atoms with E-state index in [0.717, 1.165) is 5.57 Å². The van der Waals surface area contributed by atoms with Crippen LogP contribution >= 0.6 is 11.1 Å². The number of halogens is 1. The molecule has 2 fully saturated rings. The molecule has 0 atom stereocenters. The second-order valence-electron chi connectivity index (χ2n) is 16.0. The number of carbonyl (C=O) groups excluding carboxylic acids is 3. The maximum absolute atomic E-state index is 12.0. The molecule has 10 nitrogen and oxygen atoms in total. The topological polar surface area (TPSA) is 123 Å². The first-order chi connectivity index (χ1) is 21.1. The van der Waals surface area contributed by atoms with Crippen molar-refractivity contribution in [1.82, 2.24) is 9.80 Å². The van der Waals surface area contributed by atoms with Crippen LogP contribution in [0, 0.1) is 16.7 Å². The third-order valence-electron chi connectivity index (χ3n) is 7.62. The fourth-order valence-corrected chi connectivity index (χ4v) is 4.76. The third-order valence-corrected chi connectivity index (χ3v) is 7.62. The SMILES string of the molecule is C=CC(C)(C)C1(C(=O)O)CCN(C(=O)OC(C)(C)C)CC1.CC(C)=CCOC(=O)C1CCN(C(=O)OC(C)(C)C)CC1.C[Si](C)(C)Cl. The van der Waals surface area contributed by atoms with Crippen molar-refractivity contribution in [2.75, 3.05) is 32.8 Å². The first-order valence-electron chi connectivity index (χ1n) is 16.5. The van der Waals surface area contributed by atoms with Gasteiger partial charge in [-0.2, -0.15) is 11.1 Å². The van der Waals surface area contributed by atoms with Gasteiger partial charge >= 0.3 is 24.1 Å². The molecule has 0 radical (unpaired) electrons. The predicted octanol–water partition coefficient (Wildman–Crippen LogP) is 8.50. The van der Waals surface area contributed by atoms with Crippen molar-refractivity contribution in [3.63, 3.8) is 0 Å². The molecule has 2 heterocycles. The molecule has 0 unspecified atom stereocenters. The maximum atomic E-state index is 12.0. The molecule has 2 aliphatic heterocycles. The maximum Gasteiger partial charge on any atom is 0.410 e. The van der Waals surface area contributed by atoms with Crippen LogP contribution in [0.1, 0.15) is 94.9 Å². The van der Waals surface area contributed by atoms with Crippen molar-refractivity contribution in [2.45, 2.75) is 126 Å². The molecule has 0 aliphatic carbocycles. The van der Waals surface area contributed by atoms with Crippen LogP contribution < -0.4 is 0 Å². The molecule has 0 bridgehead atoms. The third kappa shape index (κ3) is 17.4. The van der Waals surface area contributed by atoms with Crippen molar-refractivity contribution in [3.05, 3.63) is 24.3 Å². The van der Waals surface area contributed by atoms with Crippen LogP contribution in [-0.2, 0) is 23.8 Å². The molecule has 0 aromatic heterocycles. The van der Waals surface area contributed by atoms with Gasteiger partial charge in [-0.05, 0) is 92.6 Å². The molecule has 2 aliphatic rings. The van der Waals surface area contributed by atoms with E-state index in [2.05, 4.69) is 26.2 Å².